The fourth-order valence-corrected chi connectivity index (χ4v) is 2.84. The van der Waals surface area contributed by atoms with Gasteiger partial charge in [0, 0.05) is 18.3 Å². The van der Waals surface area contributed by atoms with Crippen LogP contribution >= 0.6 is 0 Å². The summed E-state index contributed by atoms with van der Waals surface area (Å²) in [6.07, 6.45) is 1.78. The number of carbonyl (C=O) groups is 1. The van der Waals surface area contributed by atoms with Gasteiger partial charge < -0.3 is 14.8 Å². The molecule has 0 amide bonds. The second-order valence-electron chi connectivity index (χ2n) is 6.18. The highest BCUT2D eigenvalue weighted by atomic mass is 16.5. The predicted molar refractivity (Wildman–Crippen MR) is 106 cm³/mol. The van der Waals surface area contributed by atoms with Crippen LogP contribution < -0.4 is 10.1 Å². The molecule has 0 saturated carbocycles. The third kappa shape index (κ3) is 4.44. The van der Waals surface area contributed by atoms with Crippen molar-refractivity contribution in [2.24, 2.45) is 0 Å². The van der Waals surface area contributed by atoms with Crippen molar-refractivity contribution < 1.29 is 14.3 Å². The maximum atomic E-state index is 11.9. The van der Waals surface area contributed by atoms with E-state index in [9.17, 15) is 4.79 Å². The third-order valence-corrected chi connectivity index (χ3v) is 4.26. The van der Waals surface area contributed by atoms with Crippen LogP contribution in [-0.4, -0.2) is 25.2 Å². The largest absolute Gasteiger partial charge is 0.496 e. The summed E-state index contributed by atoms with van der Waals surface area (Å²) in [6, 6.07) is 17.6. The summed E-state index contributed by atoms with van der Waals surface area (Å²) in [5.74, 6) is 0.843. The second-order valence-corrected chi connectivity index (χ2v) is 6.18. The number of ether oxygens (including phenoxy) is 2. The quantitative estimate of drug-likeness (QED) is 0.656. The van der Waals surface area contributed by atoms with Gasteiger partial charge in [-0.1, -0.05) is 35.9 Å². The zero-order valence-electron chi connectivity index (χ0n) is 15.7. The molecule has 0 atom stereocenters. The van der Waals surface area contributed by atoms with Crippen LogP contribution in [0.1, 0.15) is 21.5 Å². The number of benzene rings is 2. The number of esters is 1. The van der Waals surface area contributed by atoms with Crippen molar-refractivity contribution in [3.8, 4) is 16.9 Å². The molecular weight excluding hydrogens is 340 g/mol. The molecule has 3 aromatic rings. The number of nitrogens with zero attached hydrogens (tertiary/aromatic N) is 1. The minimum Gasteiger partial charge on any atom is -0.496 e. The van der Waals surface area contributed by atoms with Crippen LogP contribution in [0.3, 0.4) is 0 Å². The van der Waals surface area contributed by atoms with Crippen molar-refractivity contribution in [3.63, 3.8) is 0 Å². The number of hydrogen-bond donors (Lipinski definition) is 1. The lowest BCUT2D eigenvalue weighted by Gasteiger charge is -2.10. The van der Waals surface area contributed by atoms with Crippen LogP contribution in [0, 0.1) is 6.92 Å². The number of aromatic nitrogens is 1. The van der Waals surface area contributed by atoms with E-state index >= 15 is 0 Å². The average Bonchev–Trinajstić information content (AvgIpc) is 2.71. The molecule has 0 unspecified atom stereocenters. The maximum absolute atomic E-state index is 11.9. The molecule has 1 aromatic heterocycles. The molecule has 0 aliphatic carbocycles. The highest BCUT2D eigenvalue weighted by Crippen LogP contribution is 2.27. The lowest BCUT2D eigenvalue weighted by atomic mass is 10.0. The fraction of sp³-hybridized carbons (Fsp3) is 0.182. The van der Waals surface area contributed by atoms with E-state index in [0.717, 1.165) is 16.9 Å². The summed E-state index contributed by atoms with van der Waals surface area (Å²) < 4.78 is 10.1. The van der Waals surface area contributed by atoms with E-state index in [2.05, 4.69) is 35.4 Å². The van der Waals surface area contributed by atoms with E-state index in [1.165, 1.54) is 25.3 Å². The molecule has 0 aliphatic heterocycles. The second kappa shape index (κ2) is 8.36. The topological polar surface area (TPSA) is 60.5 Å². The van der Waals surface area contributed by atoms with Crippen molar-refractivity contribution in [1.29, 1.82) is 0 Å². The number of pyridine rings is 1. The Morgan fingerprint density at radius 3 is 2.52 bits per heavy atom. The zero-order chi connectivity index (χ0) is 19.2. The van der Waals surface area contributed by atoms with Gasteiger partial charge in [-0.15, -0.1) is 0 Å². The van der Waals surface area contributed by atoms with E-state index in [1.807, 2.05) is 24.3 Å². The first-order chi connectivity index (χ1) is 13.1. The van der Waals surface area contributed by atoms with E-state index in [4.69, 9.17) is 9.47 Å². The molecule has 0 aliphatic rings. The Labute approximate surface area is 159 Å². The molecule has 27 heavy (non-hydrogen) atoms. The summed E-state index contributed by atoms with van der Waals surface area (Å²) in [4.78, 5) is 16.4. The van der Waals surface area contributed by atoms with E-state index < -0.39 is 5.97 Å². The van der Waals surface area contributed by atoms with Crippen LogP contribution in [0.4, 0.5) is 5.82 Å². The molecule has 0 fully saturated rings. The molecule has 0 radical (unpaired) electrons. The summed E-state index contributed by atoms with van der Waals surface area (Å²) in [5, 5.41) is 3.32. The standard InChI is InChI=1S/C22H22N2O3/c1-15-5-4-6-16(11-15)13-23-21-10-8-18(14-24-21)17-7-9-20(26-2)19(12-17)22(25)27-3/h4-12,14H,13H2,1-3H3,(H,23,24). The molecule has 3 rings (SSSR count). The van der Waals surface area contributed by atoms with Gasteiger partial charge >= 0.3 is 5.97 Å². The van der Waals surface area contributed by atoms with E-state index in [-0.39, 0.29) is 0 Å². The highest BCUT2D eigenvalue weighted by Gasteiger charge is 2.14. The van der Waals surface area contributed by atoms with Crippen LogP contribution in [-0.2, 0) is 11.3 Å². The predicted octanol–water partition coefficient (Wildman–Crippen LogP) is 4.46. The monoisotopic (exact) mass is 362 g/mol. The minimum atomic E-state index is -0.432. The van der Waals surface area contributed by atoms with Crippen molar-refractivity contribution in [1.82, 2.24) is 4.98 Å². The molecular formula is C22H22N2O3. The van der Waals surface area contributed by atoms with Crippen LogP contribution in [0.15, 0.2) is 60.8 Å². The van der Waals surface area contributed by atoms with Gasteiger partial charge in [0.2, 0.25) is 0 Å². The van der Waals surface area contributed by atoms with Gasteiger partial charge in [0.05, 0.1) is 14.2 Å². The first-order valence-corrected chi connectivity index (χ1v) is 8.63. The summed E-state index contributed by atoms with van der Waals surface area (Å²) in [6.45, 7) is 2.79. The molecule has 2 aromatic carbocycles. The van der Waals surface area contributed by atoms with E-state index in [0.29, 0.717) is 17.9 Å². The van der Waals surface area contributed by atoms with Gasteiger partial charge in [-0.05, 0) is 42.3 Å². The van der Waals surface area contributed by atoms with Crippen LogP contribution in [0.25, 0.3) is 11.1 Å². The fourth-order valence-electron chi connectivity index (χ4n) is 2.84. The summed E-state index contributed by atoms with van der Waals surface area (Å²) >= 11 is 0. The molecule has 1 N–H and O–H groups in total. The normalized spacial score (nSPS) is 10.3. The Morgan fingerprint density at radius 1 is 1.04 bits per heavy atom. The molecule has 0 saturated heterocycles. The van der Waals surface area contributed by atoms with Gasteiger partial charge in [0.25, 0.3) is 0 Å². The summed E-state index contributed by atoms with van der Waals surface area (Å²) in [5.41, 5.74) is 4.61. The molecule has 0 spiro atoms. The first-order valence-electron chi connectivity index (χ1n) is 8.63. The van der Waals surface area contributed by atoms with Crippen molar-refractivity contribution >= 4 is 11.8 Å². The number of rotatable bonds is 6. The van der Waals surface area contributed by atoms with Crippen LogP contribution in [0.5, 0.6) is 5.75 Å². The van der Waals surface area contributed by atoms with Gasteiger partial charge in [-0.3, -0.25) is 0 Å². The number of carbonyl (C=O) groups excluding carboxylic acids is 1. The highest BCUT2D eigenvalue weighted by molar-refractivity contribution is 5.94. The minimum absolute atomic E-state index is 0.388. The first kappa shape index (κ1) is 18.5. The van der Waals surface area contributed by atoms with Gasteiger partial charge in [0.15, 0.2) is 0 Å². The lowest BCUT2D eigenvalue weighted by molar-refractivity contribution is 0.0597. The Kier molecular flexibility index (Phi) is 5.71. The Balaban J connectivity index is 1.76. The number of aryl methyl sites for hydroxylation is 1. The molecule has 5 nitrogen and oxygen atoms in total. The average molecular weight is 362 g/mol. The van der Waals surface area contributed by atoms with Crippen molar-refractivity contribution in [3.05, 3.63) is 77.5 Å². The SMILES string of the molecule is COC(=O)c1cc(-c2ccc(NCc3cccc(C)c3)nc2)ccc1OC. The van der Waals surface area contributed by atoms with Crippen molar-refractivity contribution in [2.45, 2.75) is 13.5 Å². The number of hydrogen-bond acceptors (Lipinski definition) is 5. The van der Waals surface area contributed by atoms with Crippen molar-refractivity contribution in [2.75, 3.05) is 19.5 Å². The zero-order valence-corrected chi connectivity index (χ0v) is 15.7. The number of nitrogens with one attached hydrogen (secondary N) is 1. The third-order valence-electron chi connectivity index (χ3n) is 4.26. The molecule has 1 heterocycles. The molecule has 5 heteroatoms. The number of anilines is 1. The Hall–Kier alpha value is -3.34. The van der Waals surface area contributed by atoms with Gasteiger partial charge in [-0.2, -0.15) is 0 Å². The van der Waals surface area contributed by atoms with E-state index in [1.54, 1.807) is 18.3 Å². The smallest absolute Gasteiger partial charge is 0.341 e. The Morgan fingerprint density at radius 2 is 1.85 bits per heavy atom. The van der Waals surface area contributed by atoms with Gasteiger partial charge in [-0.25, -0.2) is 9.78 Å². The van der Waals surface area contributed by atoms with Gasteiger partial charge in [0.1, 0.15) is 17.1 Å². The summed E-state index contributed by atoms with van der Waals surface area (Å²) in [7, 11) is 2.88. The lowest BCUT2D eigenvalue weighted by Crippen LogP contribution is -2.04. The molecule has 138 valence electrons. The maximum Gasteiger partial charge on any atom is 0.341 e. The number of methoxy groups -OCH3 is 2. The van der Waals surface area contributed by atoms with Crippen LogP contribution in [0.2, 0.25) is 0 Å². The Bertz CT molecular complexity index is 937. The molecule has 0 bridgehead atoms.